The van der Waals surface area contributed by atoms with Crippen molar-refractivity contribution in [2.75, 3.05) is 13.2 Å². The predicted molar refractivity (Wildman–Crippen MR) is 92.0 cm³/mol. The number of carbonyl (C=O) groups excluding carboxylic acids is 1. The van der Waals surface area contributed by atoms with E-state index < -0.39 is 0 Å². The summed E-state index contributed by atoms with van der Waals surface area (Å²) in [7, 11) is 0. The Kier molecular flexibility index (Phi) is 4.22. The molecule has 132 valence electrons. The van der Waals surface area contributed by atoms with Crippen LogP contribution < -0.4 is 15.2 Å². The molecule has 0 spiro atoms. The number of para-hydroxylation sites is 1. The molecule has 8 nitrogen and oxygen atoms in total. The van der Waals surface area contributed by atoms with Crippen molar-refractivity contribution < 1.29 is 14.3 Å². The van der Waals surface area contributed by atoms with E-state index in [1.807, 2.05) is 18.2 Å². The van der Waals surface area contributed by atoms with Crippen LogP contribution in [0.3, 0.4) is 0 Å². The second-order valence-corrected chi connectivity index (χ2v) is 5.76. The van der Waals surface area contributed by atoms with Crippen LogP contribution in [0.4, 0.5) is 0 Å². The third-order valence-corrected chi connectivity index (χ3v) is 4.05. The molecule has 0 amide bonds. The highest BCUT2D eigenvalue weighted by Gasteiger charge is 2.16. The zero-order chi connectivity index (χ0) is 17.9. The Morgan fingerprint density at radius 2 is 1.77 bits per heavy atom. The monoisotopic (exact) mass is 352 g/mol. The molecule has 0 unspecified atom stereocenters. The number of hydrogen-bond acceptors (Lipinski definition) is 6. The zero-order valence-electron chi connectivity index (χ0n) is 13.9. The van der Waals surface area contributed by atoms with Gasteiger partial charge in [-0.05, 0) is 40.8 Å². The summed E-state index contributed by atoms with van der Waals surface area (Å²) >= 11 is 0. The number of aryl methyl sites for hydroxylation is 1. The van der Waals surface area contributed by atoms with E-state index in [9.17, 15) is 9.59 Å². The molecule has 0 atom stereocenters. The molecule has 0 radical (unpaired) electrons. The zero-order valence-corrected chi connectivity index (χ0v) is 13.9. The highest BCUT2D eigenvalue weighted by atomic mass is 16.6. The highest BCUT2D eigenvalue weighted by molar-refractivity contribution is 5.96. The third-order valence-electron chi connectivity index (χ3n) is 4.05. The van der Waals surface area contributed by atoms with E-state index in [0.29, 0.717) is 36.0 Å². The van der Waals surface area contributed by atoms with Gasteiger partial charge in [-0.15, -0.1) is 0 Å². The normalized spacial score (nSPS) is 12.8. The van der Waals surface area contributed by atoms with Gasteiger partial charge < -0.3 is 9.47 Å². The van der Waals surface area contributed by atoms with Crippen molar-refractivity contribution in [3.05, 3.63) is 64.6 Å². The first-order valence-corrected chi connectivity index (χ1v) is 8.23. The van der Waals surface area contributed by atoms with Crippen LogP contribution in [0.15, 0.2) is 53.3 Å². The average Bonchev–Trinajstić information content (AvgIpc) is 3.07. The maximum absolute atomic E-state index is 12.4. The Hall–Kier alpha value is -3.42. The van der Waals surface area contributed by atoms with E-state index in [-0.39, 0.29) is 24.4 Å². The number of ether oxygens (including phenoxy) is 2. The molecule has 0 aliphatic carbocycles. The van der Waals surface area contributed by atoms with Gasteiger partial charge in [0.25, 0.3) is 0 Å². The molecule has 0 N–H and O–H groups in total. The van der Waals surface area contributed by atoms with Crippen LogP contribution in [0, 0.1) is 0 Å². The van der Waals surface area contributed by atoms with E-state index in [4.69, 9.17) is 9.47 Å². The number of benzene rings is 2. The van der Waals surface area contributed by atoms with Gasteiger partial charge in [-0.25, -0.2) is 4.79 Å². The van der Waals surface area contributed by atoms with Gasteiger partial charge in [0.2, 0.25) is 0 Å². The summed E-state index contributed by atoms with van der Waals surface area (Å²) in [6.45, 7) is 1.11. The van der Waals surface area contributed by atoms with Gasteiger partial charge in [-0.1, -0.05) is 18.2 Å². The second-order valence-electron chi connectivity index (χ2n) is 5.76. The van der Waals surface area contributed by atoms with Crippen molar-refractivity contribution in [2.45, 2.75) is 13.0 Å². The van der Waals surface area contributed by atoms with Crippen LogP contribution in [-0.4, -0.2) is 38.8 Å². The minimum absolute atomic E-state index is 0.108. The number of fused-ring (bicyclic) bond motifs is 1. The summed E-state index contributed by atoms with van der Waals surface area (Å²) in [5.74, 6) is 1.09. The topological polar surface area (TPSA) is 88.2 Å². The standard InChI is InChI=1S/C18H16N4O4/c23-15(13-6-7-16-17(12-13)26-11-10-25-16)8-9-21-18(24)22(20-19-21)14-4-2-1-3-5-14/h1-7,12H,8-11H2. The molecule has 4 rings (SSSR count). The van der Waals surface area contributed by atoms with Crippen molar-refractivity contribution in [1.82, 2.24) is 19.8 Å². The Morgan fingerprint density at radius 1 is 1.00 bits per heavy atom. The van der Waals surface area contributed by atoms with Crippen LogP contribution in [0.2, 0.25) is 0 Å². The first kappa shape index (κ1) is 16.1. The first-order valence-electron chi connectivity index (χ1n) is 8.23. The molecule has 8 heteroatoms. The number of ketones is 1. The molecule has 2 heterocycles. The summed E-state index contributed by atoms with van der Waals surface area (Å²) in [5.41, 5.74) is 0.755. The Balaban J connectivity index is 1.47. The maximum Gasteiger partial charge on any atom is 0.368 e. The molecule has 2 aromatic carbocycles. The van der Waals surface area contributed by atoms with E-state index >= 15 is 0 Å². The van der Waals surface area contributed by atoms with Crippen LogP contribution in [0.1, 0.15) is 16.8 Å². The molecule has 1 aliphatic rings. The fraction of sp³-hybridized carbons (Fsp3) is 0.222. The van der Waals surface area contributed by atoms with Crippen LogP contribution >= 0.6 is 0 Å². The number of carbonyl (C=O) groups is 1. The van der Waals surface area contributed by atoms with Crippen LogP contribution in [-0.2, 0) is 6.54 Å². The largest absolute Gasteiger partial charge is 0.486 e. The van der Waals surface area contributed by atoms with Gasteiger partial charge in [0, 0.05) is 12.0 Å². The summed E-state index contributed by atoms with van der Waals surface area (Å²) < 4.78 is 13.3. The van der Waals surface area contributed by atoms with E-state index in [2.05, 4.69) is 10.4 Å². The molecule has 0 bridgehead atoms. The van der Waals surface area contributed by atoms with E-state index in [1.54, 1.807) is 30.3 Å². The second kappa shape index (κ2) is 6.83. The average molecular weight is 352 g/mol. The molecule has 3 aromatic rings. The number of hydrogen-bond donors (Lipinski definition) is 0. The number of aromatic nitrogens is 4. The van der Waals surface area contributed by atoms with E-state index in [0.717, 1.165) is 0 Å². The smallest absolute Gasteiger partial charge is 0.368 e. The van der Waals surface area contributed by atoms with Gasteiger partial charge in [-0.2, -0.15) is 9.36 Å². The minimum atomic E-state index is -0.383. The van der Waals surface area contributed by atoms with Crippen molar-refractivity contribution in [2.24, 2.45) is 0 Å². The summed E-state index contributed by atoms with van der Waals surface area (Å²) in [4.78, 5) is 24.8. The molecule has 0 saturated carbocycles. The van der Waals surface area contributed by atoms with Crippen molar-refractivity contribution >= 4 is 5.78 Å². The summed E-state index contributed by atoms with van der Waals surface area (Å²) in [6, 6.07) is 14.1. The van der Waals surface area contributed by atoms with Gasteiger partial charge in [0.05, 0.1) is 12.2 Å². The Morgan fingerprint density at radius 3 is 2.58 bits per heavy atom. The van der Waals surface area contributed by atoms with Crippen molar-refractivity contribution in [3.63, 3.8) is 0 Å². The van der Waals surface area contributed by atoms with Crippen LogP contribution in [0.5, 0.6) is 11.5 Å². The van der Waals surface area contributed by atoms with Gasteiger partial charge >= 0.3 is 5.69 Å². The maximum atomic E-state index is 12.4. The Labute approximate surface area is 148 Å². The van der Waals surface area contributed by atoms with Gasteiger partial charge in [-0.3, -0.25) is 4.79 Å². The van der Waals surface area contributed by atoms with Crippen molar-refractivity contribution in [1.29, 1.82) is 0 Å². The van der Waals surface area contributed by atoms with Gasteiger partial charge in [0.15, 0.2) is 17.3 Å². The molecule has 1 aliphatic heterocycles. The summed E-state index contributed by atoms with van der Waals surface area (Å²) in [6.07, 6.45) is 0.132. The molecular formula is C18H16N4O4. The molecule has 0 saturated heterocycles. The lowest BCUT2D eigenvalue weighted by molar-refractivity contribution is 0.0974. The first-order chi connectivity index (χ1) is 12.7. The predicted octanol–water partition coefficient (Wildman–Crippen LogP) is 1.47. The molecule has 1 aromatic heterocycles. The Bertz CT molecular complexity index is 994. The summed E-state index contributed by atoms with van der Waals surface area (Å²) in [5, 5.41) is 7.71. The lowest BCUT2D eigenvalue weighted by atomic mass is 10.1. The fourth-order valence-electron chi connectivity index (χ4n) is 2.71. The highest BCUT2D eigenvalue weighted by Crippen LogP contribution is 2.31. The minimum Gasteiger partial charge on any atom is -0.486 e. The molecular weight excluding hydrogens is 336 g/mol. The lowest BCUT2D eigenvalue weighted by Crippen LogP contribution is -2.25. The van der Waals surface area contributed by atoms with Crippen LogP contribution in [0.25, 0.3) is 5.69 Å². The lowest BCUT2D eigenvalue weighted by Gasteiger charge is -2.18. The van der Waals surface area contributed by atoms with E-state index in [1.165, 1.54) is 9.36 Å². The number of Topliss-reactive ketones (excluding diaryl/α,β-unsaturated/α-hetero) is 1. The number of tetrazole rings is 1. The number of nitrogens with zero attached hydrogens (tertiary/aromatic N) is 4. The van der Waals surface area contributed by atoms with Gasteiger partial charge in [0.1, 0.15) is 13.2 Å². The molecule has 26 heavy (non-hydrogen) atoms. The third kappa shape index (κ3) is 3.08. The SMILES string of the molecule is O=C(CCn1nnn(-c2ccccc2)c1=O)c1ccc2c(c1)OCCO2. The quantitative estimate of drug-likeness (QED) is 0.646. The fourth-order valence-corrected chi connectivity index (χ4v) is 2.71. The molecule has 0 fully saturated rings. The van der Waals surface area contributed by atoms with Crippen molar-refractivity contribution in [3.8, 4) is 17.2 Å². The number of rotatable bonds is 5.